The van der Waals surface area contributed by atoms with Crippen LogP contribution < -0.4 is 5.56 Å². The van der Waals surface area contributed by atoms with Crippen molar-refractivity contribution in [3.8, 4) is 11.4 Å². The predicted octanol–water partition coefficient (Wildman–Crippen LogP) is 3.09. The van der Waals surface area contributed by atoms with Crippen molar-refractivity contribution >= 4 is 16.8 Å². The minimum atomic E-state index is -0.298. The lowest BCUT2D eigenvalue weighted by molar-refractivity contribution is -0.139. The molecule has 33 heavy (non-hydrogen) atoms. The highest BCUT2D eigenvalue weighted by molar-refractivity contribution is 5.82. The van der Waals surface area contributed by atoms with Crippen LogP contribution in [0, 0.1) is 6.92 Å². The molecule has 1 aliphatic rings. The normalized spacial score (nSPS) is 16.3. The van der Waals surface area contributed by atoms with Gasteiger partial charge >= 0.3 is 0 Å². The Morgan fingerprint density at radius 1 is 1.18 bits per heavy atom. The summed E-state index contributed by atoms with van der Waals surface area (Å²) in [5.74, 6) is 0.00424. The Labute approximate surface area is 190 Å². The third-order valence-electron chi connectivity index (χ3n) is 6.07. The van der Waals surface area contributed by atoms with Crippen LogP contribution in [0.15, 0.2) is 65.6 Å². The van der Waals surface area contributed by atoms with Crippen molar-refractivity contribution in [3.05, 3.63) is 82.4 Å². The van der Waals surface area contributed by atoms with Crippen LogP contribution in [0.2, 0.25) is 0 Å². The minimum absolute atomic E-state index is 0.00424. The first kappa shape index (κ1) is 21.1. The maximum absolute atomic E-state index is 13.0. The number of carbonyl (C=O) groups excluding carboxylic acids is 1. The number of aromatic nitrogens is 4. The number of morpholine rings is 1. The van der Waals surface area contributed by atoms with Gasteiger partial charge in [-0.15, -0.1) is 0 Å². The summed E-state index contributed by atoms with van der Waals surface area (Å²) >= 11 is 0. The van der Waals surface area contributed by atoms with E-state index in [1.807, 2.05) is 55.5 Å². The van der Waals surface area contributed by atoms with Crippen LogP contribution in [-0.2, 0) is 16.1 Å². The molecule has 0 unspecified atom stereocenters. The number of nitrogens with one attached hydrogen (secondary N) is 1. The monoisotopic (exact) mass is 443 g/mol. The topological polar surface area (TPSA) is 93.1 Å². The van der Waals surface area contributed by atoms with E-state index in [1.165, 1.54) is 0 Å². The van der Waals surface area contributed by atoms with Gasteiger partial charge in [0.15, 0.2) is 0 Å². The number of nitrogens with zero attached hydrogens (tertiary/aromatic N) is 4. The van der Waals surface area contributed by atoms with E-state index in [0.29, 0.717) is 26.2 Å². The van der Waals surface area contributed by atoms with Gasteiger partial charge in [0.25, 0.3) is 5.56 Å². The SMILES string of the molecule is Cc1cc(=O)n(CCC(=O)N2CCO[C@H](c3cccc(-c4ccn[nH]4)n3)C2)c2ccccc12. The van der Waals surface area contributed by atoms with E-state index in [2.05, 4.69) is 10.2 Å². The highest BCUT2D eigenvalue weighted by Gasteiger charge is 2.26. The van der Waals surface area contributed by atoms with Crippen LogP contribution in [0.5, 0.6) is 0 Å². The molecule has 8 nitrogen and oxygen atoms in total. The molecule has 0 aliphatic carbocycles. The Kier molecular flexibility index (Phi) is 5.75. The second kappa shape index (κ2) is 8.99. The Hall–Kier alpha value is -3.78. The van der Waals surface area contributed by atoms with Crippen molar-refractivity contribution in [3.63, 3.8) is 0 Å². The van der Waals surface area contributed by atoms with E-state index in [9.17, 15) is 9.59 Å². The average Bonchev–Trinajstić information content (AvgIpc) is 3.39. The molecule has 1 fully saturated rings. The Morgan fingerprint density at radius 3 is 2.91 bits per heavy atom. The fourth-order valence-corrected chi connectivity index (χ4v) is 4.33. The van der Waals surface area contributed by atoms with Gasteiger partial charge < -0.3 is 14.2 Å². The first-order valence-corrected chi connectivity index (χ1v) is 11.1. The van der Waals surface area contributed by atoms with E-state index in [-0.39, 0.29) is 24.0 Å². The number of amides is 1. The maximum atomic E-state index is 13.0. The van der Waals surface area contributed by atoms with Gasteiger partial charge in [-0.3, -0.25) is 14.7 Å². The van der Waals surface area contributed by atoms with E-state index in [0.717, 1.165) is 33.5 Å². The van der Waals surface area contributed by atoms with Gasteiger partial charge in [-0.05, 0) is 36.8 Å². The number of aromatic amines is 1. The predicted molar refractivity (Wildman–Crippen MR) is 125 cm³/mol. The molecule has 1 aliphatic heterocycles. The smallest absolute Gasteiger partial charge is 0.251 e. The molecule has 1 saturated heterocycles. The largest absolute Gasteiger partial charge is 0.368 e. The Bertz CT molecular complexity index is 1350. The highest BCUT2D eigenvalue weighted by Crippen LogP contribution is 2.24. The molecule has 0 spiro atoms. The van der Waals surface area contributed by atoms with Crippen LogP contribution in [0.4, 0.5) is 0 Å². The van der Waals surface area contributed by atoms with E-state index in [4.69, 9.17) is 9.72 Å². The summed E-state index contributed by atoms with van der Waals surface area (Å²) < 4.78 is 7.62. The second-order valence-corrected chi connectivity index (χ2v) is 8.20. The zero-order valence-corrected chi connectivity index (χ0v) is 18.4. The number of pyridine rings is 2. The molecule has 168 valence electrons. The van der Waals surface area contributed by atoms with Gasteiger partial charge in [0, 0.05) is 37.2 Å². The van der Waals surface area contributed by atoms with Crippen molar-refractivity contribution in [2.45, 2.75) is 26.0 Å². The number of benzene rings is 1. The van der Waals surface area contributed by atoms with Gasteiger partial charge in [-0.1, -0.05) is 24.3 Å². The summed E-state index contributed by atoms with van der Waals surface area (Å²) in [5, 5.41) is 7.92. The number of ether oxygens (including phenoxy) is 1. The third kappa shape index (κ3) is 4.29. The minimum Gasteiger partial charge on any atom is -0.368 e. The van der Waals surface area contributed by atoms with Gasteiger partial charge in [-0.25, -0.2) is 4.98 Å². The molecular weight excluding hydrogens is 418 g/mol. The number of fused-ring (bicyclic) bond motifs is 1. The van der Waals surface area contributed by atoms with Gasteiger partial charge in [0.2, 0.25) is 5.91 Å². The lowest BCUT2D eigenvalue weighted by Gasteiger charge is -2.33. The molecule has 3 aromatic heterocycles. The van der Waals surface area contributed by atoms with Crippen molar-refractivity contribution < 1.29 is 9.53 Å². The van der Waals surface area contributed by atoms with Crippen molar-refractivity contribution in [1.29, 1.82) is 0 Å². The molecule has 0 bridgehead atoms. The lowest BCUT2D eigenvalue weighted by Crippen LogP contribution is -2.43. The van der Waals surface area contributed by atoms with E-state index in [1.54, 1.807) is 21.7 Å². The van der Waals surface area contributed by atoms with E-state index >= 15 is 0 Å². The molecule has 0 radical (unpaired) electrons. The number of hydrogen-bond donors (Lipinski definition) is 1. The molecule has 5 rings (SSSR count). The average molecular weight is 444 g/mol. The van der Waals surface area contributed by atoms with Crippen molar-refractivity contribution in [2.75, 3.05) is 19.7 Å². The molecule has 0 saturated carbocycles. The number of para-hydroxylation sites is 1. The third-order valence-corrected chi connectivity index (χ3v) is 6.07. The first-order valence-electron chi connectivity index (χ1n) is 11.1. The molecule has 1 aromatic carbocycles. The van der Waals surface area contributed by atoms with Gasteiger partial charge in [-0.2, -0.15) is 5.10 Å². The van der Waals surface area contributed by atoms with Gasteiger partial charge in [0.1, 0.15) is 6.10 Å². The lowest BCUT2D eigenvalue weighted by atomic mass is 10.1. The number of hydrogen-bond acceptors (Lipinski definition) is 5. The first-order chi connectivity index (χ1) is 16.1. The van der Waals surface area contributed by atoms with E-state index < -0.39 is 0 Å². The summed E-state index contributed by atoms with van der Waals surface area (Å²) in [4.78, 5) is 32.2. The number of carbonyl (C=O) groups is 1. The van der Waals surface area contributed by atoms with Gasteiger partial charge in [0.05, 0.1) is 35.8 Å². The van der Waals surface area contributed by atoms with Crippen LogP contribution in [0.25, 0.3) is 22.3 Å². The molecular formula is C25H25N5O3. The summed E-state index contributed by atoms with van der Waals surface area (Å²) in [7, 11) is 0. The fraction of sp³-hybridized carbons (Fsp3) is 0.280. The van der Waals surface area contributed by atoms with Crippen LogP contribution >= 0.6 is 0 Å². The van der Waals surface area contributed by atoms with Crippen molar-refractivity contribution in [1.82, 2.24) is 24.6 Å². The van der Waals surface area contributed by atoms with Crippen LogP contribution in [-0.4, -0.2) is 50.3 Å². The zero-order valence-electron chi connectivity index (χ0n) is 18.4. The second-order valence-electron chi connectivity index (χ2n) is 8.20. The van der Waals surface area contributed by atoms with Crippen LogP contribution in [0.3, 0.4) is 0 Å². The van der Waals surface area contributed by atoms with Crippen LogP contribution in [0.1, 0.15) is 23.8 Å². The van der Waals surface area contributed by atoms with Crippen molar-refractivity contribution in [2.24, 2.45) is 0 Å². The zero-order chi connectivity index (χ0) is 22.8. The summed E-state index contributed by atoms with van der Waals surface area (Å²) in [6.07, 6.45) is 1.64. The Morgan fingerprint density at radius 2 is 2.06 bits per heavy atom. The summed E-state index contributed by atoms with van der Waals surface area (Å²) in [6.45, 7) is 3.68. The molecule has 1 N–H and O–H groups in total. The standard InChI is InChI=1S/C25H25N5O3/c1-17-15-25(32)30(22-8-3-2-5-18(17)22)12-10-24(31)29-13-14-33-23(16-29)21-7-4-6-19(27-21)20-9-11-26-28-20/h2-9,11,15,23H,10,12-14,16H2,1H3,(H,26,28)/t23-/m0/s1. The Balaban J connectivity index is 1.29. The maximum Gasteiger partial charge on any atom is 0.251 e. The highest BCUT2D eigenvalue weighted by atomic mass is 16.5. The number of H-pyrrole nitrogens is 1. The molecule has 8 heteroatoms. The summed E-state index contributed by atoms with van der Waals surface area (Å²) in [6, 6.07) is 17.0. The number of aryl methyl sites for hydroxylation is 2. The number of rotatable bonds is 5. The summed E-state index contributed by atoms with van der Waals surface area (Å²) in [5.41, 5.74) is 4.10. The molecule has 1 atom stereocenters. The molecule has 1 amide bonds. The molecule has 4 aromatic rings. The fourth-order valence-electron chi connectivity index (χ4n) is 4.33. The quantitative estimate of drug-likeness (QED) is 0.512. The molecule has 4 heterocycles.